The van der Waals surface area contributed by atoms with Crippen molar-refractivity contribution in [2.45, 2.75) is 0 Å². The van der Waals surface area contributed by atoms with Gasteiger partial charge in [0.05, 0.1) is 0 Å². The fourth-order valence-electron chi connectivity index (χ4n) is 3.20. The summed E-state index contributed by atoms with van der Waals surface area (Å²) in [5.74, 6) is 0.797. The number of hydrogen-bond acceptors (Lipinski definition) is 3. The molecule has 3 aromatic rings. The molecule has 0 saturated carbocycles. The Kier molecular flexibility index (Phi) is 4.90. The second-order valence-corrected chi connectivity index (χ2v) is 6.81. The highest BCUT2D eigenvalue weighted by molar-refractivity contribution is 7.80. The Morgan fingerprint density at radius 3 is 2.00 bits per heavy atom. The molecule has 27 heavy (non-hydrogen) atoms. The van der Waals surface area contributed by atoms with Crippen LogP contribution in [0.25, 0.3) is 11.3 Å². The Hall–Kier alpha value is -2.73. The summed E-state index contributed by atoms with van der Waals surface area (Å²) < 4.78 is 32.0. The van der Waals surface area contributed by atoms with E-state index in [1.54, 1.807) is 24.3 Å². The standard InChI is InChI=1S/C21H18F2N2OS/c22-16-3-1-15(2-4-16)19-9-10-20(26-19)21(27)25-13-11-24(12-14-25)18-7-5-17(23)6-8-18/h1-10H,11-14H2. The van der Waals surface area contributed by atoms with Crippen molar-refractivity contribution in [1.29, 1.82) is 0 Å². The molecule has 0 aliphatic carbocycles. The molecule has 0 atom stereocenters. The largest absolute Gasteiger partial charge is 0.454 e. The van der Waals surface area contributed by atoms with Crippen molar-refractivity contribution in [3.63, 3.8) is 0 Å². The lowest BCUT2D eigenvalue weighted by Gasteiger charge is -2.37. The highest BCUT2D eigenvalue weighted by atomic mass is 32.1. The van der Waals surface area contributed by atoms with Gasteiger partial charge in [-0.1, -0.05) is 12.2 Å². The van der Waals surface area contributed by atoms with Crippen molar-refractivity contribution < 1.29 is 13.2 Å². The fraction of sp³-hybridized carbons (Fsp3) is 0.190. The smallest absolute Gasteiger partial charge is 0.162 e. The molecule has 1 aliphatic heterocycles. The number of halogens is 2. The Morgan fingerprint density at radius 2 is 1.37 bits per heavy atom. The number of nitrogens with zero attached hydrogens (tertiary/aromatic N) is 2. The van der Waals surface area contributed by atoms with Gasteiger partial charge in [0.1, 0.15) is 22.4 Å². The predicted octanol–water partition coefficient (Wildman–Crippen LogP) is 4.72. The van der Waals surface area contributed by atoms with Crippen LogP contribution in [0.1, 0.15) is 5.76 Å². The van der Waals surface area contributed by atoms with E-state index < -0.39 is 0 Å². The van der Waals surface area contributed by atoms with E-state index in [1.807, 2.05) is 12.1 Å². The van der Waals surface area contributed by atoms with E-state index in [1.165, 1.54) is 24.3 Å². The topological polar surface area (TPSA) is 19.6 Å². The number of thiocarbonyl (C=S) groups is 1. The average Bonchev–Trinajstić information content (AvgIpc) is 3.19. The molecule has 138 valence electrons. The normalized spacial score (nSPS) is 14.4. The van der Waals surface area contributed by atoms with E-state index in [2.05, 4.69) is 9.80 Å². The molecule has 0 bridgehead atoms. The maximum Gasteiger partial charge on any atom is 0.162 e. The molecule has 1 aliphatic rings. The molecule has 0 spiro atoms. The van der Waals surface area contributed by atoms with Gasteiger partial charge in [0.15, 0.2) is 5.76 Å². The second kappa shape index (κ2) is 7.48. The first-order chi connectivity index (χ1) is 13.1. The maximum absolute atomic E-state index is 13.1. The molecular formula is C21H18F2N2OS. The monoisotopic (exact) mass is 384 g/mol. The van der Waals surface area contributed by atoms with Crippen molar-refractivity contribution >= 4 is 22.9 Å². The Bertz CT molecular complexity index is 930. The molecule has 0 unspecified atom stereocenters. The van der Waals surface area contributed by atoms with Gasteiger partial charge in [-0.15, -0.1) is 0 Å². The maximum atomic E-state index is 13.1. The molecule has 0 amide bonds. The van der Waals surface area contributed by atoms with Crippen LogP contribution in [0.2, 0.25) is 0 Å². The quantitative estimate of drug-likeness (QED) is 0.608. The third kappa shape index (κ3) is 3.85. The van der Waals surface area contributed by atoms with Crippen LogP contribution in [0.3, 0.4) is 0 Å². The summed E-state index contributed by atoms with van der Waals surface area (Å²) in [4.78, 5) is 5.00. The number of rotatable bonds is 3. The van der Waals surface area contributed by atoms with E-state index in [0.29, 0.717) is 16.5 Å². The molecule has 3 nitrogen and oxygen atoms in total. The van der Waals surface area contributed by atoms with E-state index in [-0.39, 0.29) is 11.6 Å². The van der Waals surface area contributed by atoms with Crippen LogP contribution in [0.5, 0.6) is 0 Å². The lowest BCUT2D eigenvalue weighted by atomic mass is 10.2. The molecule has 1 aromatic heterocycles. The number of benzene rings is 2. The van der Waals surface area contributed by atoms with Crippen molar-refractivity contribution in [1.82, 2.24) is 4.90 Å². The van der Waals surface area contributed by atoms with E-state index >= 15 is 0 Å². The summed E-state index contributed by atoms with van der Waals surface area (Å²) in [5, 5.41) is 0. The van der Waals surface area contributed by atoms with Crippen LogP contribution >= 0.6 is 12.2 Å². The van der Waals surface area contributed by atoms with Crippen LogP contribution in [-0.4, -0.2) is 36.1 Å². The summed E-state index contributed by atoms with van der Waals surface area (Å²) in [6, 6.07) is 16.4. The van der Waals surface area contributed by atoms with Gasteiger partial charge in [-0.2, -0.15) is 0 Å². The van der Waals surface area contributed by atoms with E-state index in [9.17, 15) is 8.78 Å². The first-order valence-corrected chi connectivity index (χ1v) is 9.16. The van der Waals surface area contributed by atoms with Crippen molar-refractivity contribution in [3.05, 3.63) is 78.1 Å². The molecular weight excluding hydrogens is 366 g/mol. The summed E-state index contributed by atoms with van der Waals surface area (Å²) in [6.45, 7) is 3.14. The minimum Gasteiger partial charge on any atom is -0.454 e. The first kappa shape index (κ1) is 17.7. The molecule has 0 N–H and O–H groups in total. The van der Waals surface area contributed by atoms with Crippen molar-refractivity contribution in [2.75, 3.05) is 31.1 Å². The number of anilines is 1. The van der Waals surface area contributed by atoms with E-state index in [4.69, 9.17) is 16.6 Å². The predicted molar refractivity (Wildman–Crippen MR) is 106 cm³/mol. The SMILES string of the molecule is Fc1ccc(-c2ccc(C(=S)N3CCN(c4ccc(F)cc4)CC3)o2)cc1. The molecule has 2 aromatic carbocycles. The van der Waals surface area contributed by atoms with Crippen LogP contribution in [0, 0.1) is 11.6 Å². The highest BCUT2D eigenvalue weighted by Gasteiger charge is 2.22. The van der Waals surface area contributed by atoms with Crippen molar-refractivity contribution in [3.8, 4) is 11.3 Å². The van der Waals surface area contributed by atoms with Gasteiger partial charge in [0, 0.05) is 37.4 Å². The third-order valence-corrected chi connectivity index (χ3v) is 5.16. The zero-order valence-electron chi connectivity index (χ0n) is 14.6. The minimum atomic E-state index is -0.278. The number of hydrogen-bond donors (Lipinski definition) is 0. The lowest BCUT2D eigenvalue weighted by Crippen LogP contribution is -2.48. The van der Waals surface area contributed by atoms with Crippen LogP contribution < -0.4 is 4.90 Å². The molecule has 2 heterocycles. The summed E-state index contributed by atoms with van der Waals surface area (Å²) in [7, 11) is 0. The van der Waals surface area contributed by atoms with Gasteiger partial charge >= 0.3 is 0 Å². The van der Waals surface area contributed by atoms with Gasteiger partial charge in [-0.3, -0.25) is 0 Å². The summed E-state index contributed by atoms with van der Waals surface area (Å²) in [5.41, 5.74) is 1.82. The lowest BCUT2D eigenvalue weighted by molar-refractivity contribution is 0.385. The van der Waals surface area contributed by atoms with Gasteiger partial charge in [0.2, 0.25) is 0 Å². The van der Waals surface area contributed by atoms with Gasteiger partial charge in [-0.25, -0.2) is 8.78 Å². The average molecular weight is 384 g/mol. The van der Waals surface area contributed by atoms with E-state index in [0.717, 1.165) is 37.4 Å². The van der Waals surface area contributed by atoms with Crippen LogP contribution in [0.4, 0.5) is 14.5 Å². The zero-order valence-corrected chi connectivity index (χ0v) is 15.4. The minimum absolute atomic E-state index is 0.228. The summed E-state index contributed by atoms with van der Waals surface area (Å²) in [6.07, 6.45) is 0. The molecule has 4 rings (SSSR count). The Balaban J connectivity index is 1.41. The number of piperazine rings is 1. The van der Waals surface area contributed by atoms with Gasteiger partial charge in [0.25, 0.3) is 0 Å². The summed E-state index contributed by atoms with van der Waals surface area (Å²) >= 11 is 5.60. The first-order valence-electron chi connectivity index (χ1n) is 8.76. The van der Waals surface area contributed by atoms with Crippen molar-refractivity contribution in [2.24, 2.45) is 0 Å². The van der Waals surface area contributed by atoms with Crippen LogP contribution in [0.15, 0.2) is 65.1 Å². The fourth-order valence-corrected chi connectivity index (χ4v) is 3.49. The molecule has 1 fully saturated rings. The van der Waals surface area contributed by atoms with Gasteiger partial charge in [-0.05, 0) is 60.7 Å². The Labute approximate surface area is 161 Å². The van der Waals surface area contributed by atoms with Gasteiger partial charge < -0.3 is 14.2 Å². The molecule has 6 heteroatoms. The molecule has 0 radical (unpaired) electrons. The zero-order chi connectivity index (χ0) is 18.8. The van der Waals surface area contributed by atoms with Crippen LogP contribution in [-0.2, 0) is 0 Å². The Morgan fingerprint density at radius 1 is 0.778 bits per heavy atom. The second-order valence-electron chi connectivity index (χ2n) is 6.43. The molecule has 1 saturated heterocycles. The number of furan rings is 1. The third-order valence-electron chi connectivity index (χ3n) is 4.70. The highest BCUT2D eigenvalue weighted by Crippen LogP contribution is 2.24.